The Morgan fingerprint density at radius 2 is 2.00 bits per heavy atom. The van der Waals surface area contributed by atoms with Crippen LogP contribution in [0.5, 0.6) is 5.75 Å². The van der Waals surface area contributed by atoms with Crippen molar-refractivity contribution in [1.82, 2.24) is 14.8 Å². The molecule has 2 aromatic carbocycles. The molecule has 0 spiro atoms. The first-order valence-corrected chi connectivity index (χ1v) is 11.9. The van der Waals surface area contributed by atoms with Crippen LogP contribution in [0.25, 0.3) is 11.4 Å². The van der Waals surface area contributed by atoms with Crippen LogP contribution in [0.1, 0.15) is 26.2 Å². The molecule has 0 unspecified atom stereocenters. The lowest BCUT2D eigenvalue weighted by Crippen LogP contribution is -2.25. The summed E-state index contributed by atoms with van der Waals surface area (Å²) in [6.07, 6.45) is 2.70. The van der Waals surface area contributed by atoms with Gasteiger partial charge in [-0.15, -0.1) is 10.2 Å². The lowest BCUT2D eigenvalue weighted by atomic mass is 10.2. The first-order valence-electron chi connectivity index (χ1n) is 11.0. The predicted molar refractivity (Wildman–Crippen MR) is 126 cm³/mol. The molecule has 4 rings (SSSR count). The minimum absolute atomic E-state index is 0.0884. The summed E-state index contributed by atoms with van der Waals surface area (Å²) in [6, 6.07) is 13.4. The van der Waals surface area contributed by atoms with E-state index in [1.165, 1.54) is 23.9 Å². The molecule has 0 radical (unpaired) electrons. The molecular formula is C24H27FN4O3S. The van der Waals surface area contributed by atoms with Crippen LogP contribution in [0.3, 0.4) is 0 Å². The SMILES string of the molecule is CC[C@@H](Sc1nnc(-c2ccc(OC)cc2)n1C[C@@H]1CCCO1)C(=O)Nc1ccc(F)cc1. The zero-order valence-corrected chi connectivity index (χ0v) is 19.5. The van der Waals surface area contributed by atoms with E-state index in [0.717, 1.165) is 36.6 Å². The van der Waals surface area contributed by atoms with Gasteiger partial charge in [-0.2, -0.15) is 0 Å². The second-order valence-corrected chi connectivity index (χ2v) is 8.96. The van der Waals surface area contributed by atoms with Gasteiger partial charge in [-0.3, -0.25) is 9.36 Å². The van der Waals surface area contributed by atoms with E-state index in [-0.39, 0.29) is 23.1 Å². The molecule has 1 fully saturated rings. The fourth-order valence-electron chi connectivity index (χ4n) is 3.69. The van der Waals surface area contributed by atoms with E-state index in [4.69, 9.17) is 9.47 Å². The van der Waals surface area contributed by atoms with Crippen molar-refractivity contribution in [3.63, 3.8) is 0 Å². The van der Waals surface area contributed by atoms with Crippen molar-refractivity contribution in [2.45, 2.75) is 49.2 Å². The third kappa shape index (κ3) is 5.72. The Morgan fingerprint density at radius 1 is 1.24 bits per heavy atom. The summed E-state index contributed by atoms with van der Waals surface area (Å²) in [5.41, 5.74) is 1.47. The van der Waals surface area contributed by atoms with Gasteiger partial charge in [-0.25, -0.2) is 4.39 Å². The number of methoxy groups -OCH3 is 1. The lowest BCUT2D eigenvalue weighted by Gasteiger charge is -2.18. The fourth-order valence-corrected chi connectivity index (χ4v) is 4.65. The van der Waals surface area contributed by atoms with E-state index in [2.05, 4.69) is 15.5 Å². The van der Waals surface area contributed by atoms with Crippen LogP contribution in [-0.4, -0.2) is 45.7 Å². The molecule has 1 amide bonds. The monoisotopic (exact) mass is 470 g/mol. The Bertz CT molecular complexity index is 1070. The molecule has 0 aliphatic carbocycles. The highest BCUT2D eigenvalue weighted by Crippen LogP contribution is 2.31. The summed E-state index contributed by atoms with van der Waals surface area (Å²) < 4.78 is 26.3. The first kappa shape index (κ1) is 23.3. The smallest absolute Gasteiger partial charge is 0.237 e. The minimum atomic E-state index is -0.383. The number of hydrogen-bond acceptors (Lipinski definition) is 6. The van der Waals surface area contributed by atoms with Crippen LogP contribution >= 0.6 is 11.8 Å². The van der Waals surface area contributed by atoms with Crippen LogP contribution in [-0.2, 0) is 16.1 Å². The number of rotatable bonds is 9. The Hall–Kier alpha value is -2.91. The molecule has 2 atom stereocenters. The van der Waals surface area contributed by atoms with E-state index in [0.29, 0.717) is 23.8 Å². The molecule has 7 nitrogen and oxygen atoms in total. The number of benzene rings is 2. The average Bonchev–Trinajstić information content (AvgIpc) is 3.49. The standard InChI is InChI=1S/C24H27FN4O3S/c1-3-21(23(30)26-18-10-8-17(25)9-11-18)33-24-28-27-22(16-6-12-19(31-2)13-7-16)29(24)15-20-5-4-14-32-20/h6-13,20-21H,3-5,14-15H2,1-2H3,(H,26,30)/t20-,21+/m0/s1. The van der Waals surface area contributed by atoms with Crippen molar-refractivity contribution in [1.29, 1.82) is 0 Å². The molecular weight excluding hydrogens is 443 g/mol. The Balaban J connectivity index is 1.57. The van der Waals surface area contributed by atoms with Crippen LogP contribution in [0.2, 0.25) is 0 Å². The van der Waals surface area contributed by atoms with Crippen molar-refractivity contribution in [3.05, 3.63) is 54.3 Å². The molecule has 0 bridgehead atoms. The second-order valence-electron chi connectivity index (χ2n) is 7.79. The van der Waals surface area contributed by atoms with Crippen LogP contribution in [0.4, 0.5) is 10.1 Å². The molecule has 2 heterocycles. The maximum atomic E-state index is 13.2. The van der Waals surface area contributed by atoms with Crippen molar-refractivity contribution >= 4 is 23.4 Å². The number of ether oxygens (including phenoxy) is 2. The second kappa shape index (κ2) is 10.8. The number of thioether (sulfide) groups is 1. The molecule has 1 aliphatic heterocycles. The number of carbonyl (C=O) groups is 1. The fraction of sp³-hybridized carbons (Fsp3) is 0.375. The molecule has 1 N–H and O–H groups in total. The zero-order valence-electron chi connectivity index (χ0n) is 18.7. The van der Waals surface area contributed by atoms with Crippen molar-refractivity contribution in [2.24, 2.45) is 0 Å². The van der Waals surface area contributed by atoms with Gasteiger partial charge in [0.1, 0.15) is 11.6 Å². The number of halogens is 1. The van der Waals surface area contributed by atoms with Gasteiger partial charge in [-0.05, 0) is 67.8 Å². The number of aromatic nitrogens is 3. The number of hydrogen-bond donors (Lipinski definition) is 1. The highest BCUT2D eigenvalue weighted by Gasteiger charge is 2.26. The molecule has 174 valence electrons. The maximum absolute atomic E-state index is 13.2. The third-order valence-corrected chi connectivity index (χ3v) is 6.84. The highest BCUT2D eigenvalue weighted by molar-refractivity contribution is 8.00. The van der Waals surface area contributed by atoms with Gasteiger partial charge >= 0.3 is 0 Å². The van der Waals surface area contributed by atoms with Gasteiger partial charge < -0.3 is 14.8 Å². The third-order valence-electron chi connectivity index (χ3n) is 5.50. The number of carbonyl (C=O) groups excluding carboxylic acids is 1. The first-order chi connectivity index (χ1) is 16.1. The summed E-state index contributed by atoms with van der Waals surface area (Å²) in [6.45, 7) is 3.32. The molecule has 1 saturated heterocycles. The van der Waals surface area contributed by atoms with Crippen LogP contribution < -0.4 is 10.1 Å². The van der Waals surface area contributed by atoms with E-state index < -0.39 is 0 Å². The number of nitrogens with one attached hydrogen (secondary N) is 1. The van der Waals surface area contributed by atoms with E-state index >= 15 is 0 Å². The van der Waals surface area contributed by atoms with E-state index in [1.807, 2.05) is 35.8 Å². The number of anilines is 1. The number of amides is 1. The molecule has 1 aromatic heterocycles. The van der Waals surface area contributed by atoms with Gasteiger partial charge in [0.05, 0.1) is 25.0 Å². The Morgan fingerprint density at radius 3 is 2.64 bits per heavy atom. The molecule has 1 aliphatic rings. The molecule has 0 saturated carbocycles. The van der Waals surface area contributed by atoms with Crippen LogP contribution in [0, 0.1) is 5.82 Å². The summed E-state index contributed by atoms with van der Waals surface area (Å²) in [5.74, 6) is 0.987. The van der Waals surface area contributed by atoms with Crippen LogP contribution in [0.15, 0.2) is 53.7 Å². The predicted octanol–water partition coefficient (Wildman–Crippen LogP) is 4.78. The average molecular weight is 471 g/mol. The zero-order chi connectivity index (χ0) is 23.2. The summed E-state index contributed by atoms with van der Waals surface area (Å²) in [5, 5.41) is 12.0. The Kier molecular flexibility index (Phi) is 7.61. The maximum Gasteiger partial charge on any atom is 0.237 e. The normalized spacial score (nSPS) is 16.5. The number of nitrogens with zero attached hydrogens (tertiary/aromatic N) is 3. The largest absolute Gasteiger partial charge is 0.497 e. The van der Waals surface area contributed by atoms with E-state index in [9.17, 15) is 9.18 Å². The topological polar surface area (TPSA) is 78.3 Å². The van der Waals surface area contributed by atoms with Crippen molar-refractivity contribution in [3.8, 4) is 17.1 Å². The van der Waals surface area contributed by atoms with Gasteiger partial charge in [0, 0.05) is 17.9 Å². The molecule has 33 heavy (non-hydrogen) atoms. The highest BCUT2D eigenvalue weighted by atomic mass is 32.2. The van der Waals surface area contributed by atoms with Gasteiger partial charge in [0.25, 0.3) is 0 Å². The van der Waals surface area contributed by atoms with Crippen molar-refractivity contribution < 1.29 is 18.7 Å². The Labute approximate surface area is 196 Å². The lowest BCUT2D eigenvalue weighted by molar-refractivity contribution is -0.115. The minimum Gasteiger partial charge on any atom is -0.497 e. The molecule has 9 heteroatoms. The quantitative estimate of drug-likeness (QED) is 0.454. The van der Waals surface area contributed by atoms with E-state index in [1.54, 1.807) is 19.2 Å². The van der Waals surface area contributed by atoms with Gasteiger partial charge in [0.2, 0.25) is 5.91 Å². The summed E-state index contributed by atoms with van der Waals surface area (Å²) >= 11 is 1.38. The van der Waals surface area contributed by atoms with Crippen molar-refractivity contribution in [2.75, 3.05) is 19.0 Å². The summed E-state index contributed by atoms with van der Waals surface area (Å²) in [7, 11) is 1.63. The molecule has 3 aromatic rings. The summed E-state index contributed by atoms with van der Waals surface area (Å²) in [4.78, 5) is 12.9. The van der Waals surface area contributed by atoms with Gasteiger partial charge in [0.15, 0.2) is 11.0 Å². The van der Waals surface area contributed by atoms with Gasteiger partial charge in [-0.1, -0.05) is 18.7 Å².